The number of nitrogens with one attached hydrogen (secondary N) is 1. The van der Waals surface area contributed by atoms with E-state index in [0.717, 1.165) is 11.4 Å². The molecule has 10 heteroatoms. The van der Waals surface area contributed by atoms with Crippen molar-refractivity contribution in [2.75, 3.05) is 12.4 Å². The van der Waals surface area contributed by atoms with Crippen LogP contribution in [0.2, 0.25) is 0 Å². The normalized spacial score (nSPS) is 10.7. The van der Waals surface area contributed by atoms with Crippen molar-refractivity contribution in [1.29, 1.82) is 0 Å². The van der Waals surface area contributed by atoms with E-state index in [1.54, 1.807) is 54.3 Å². The van der Waals surface area contributed by atoms with Crippen LogP contribution in [-0.4, -0.2) is 42.8 Å². The predicted molar refractivity (Wildman–Crippen MR) is 113 cm³/mol. The number of benzene rings is 1. The summed E-state index contributed by atoms with van der Waals surface area (Å²) < 4.78 is 14.1. The maximum atomic E-state index is 12.5. The molecule has 31 heavy (non-hydrogen) atoms. The summed E-state index contributed by atoms with van der Waals surface area (Å²) in [6.07, 6.45) is 1.60. The van der Waals surface area contributed by atoms with Gasteiger partial charge in [0.15, 0.2) is 5.82 Å². The van der Waals surface area contributed by atoms with Crippen LogP contribution in [0.5, 0.6) is 17.5 Å². The lowest BCUT2D eigenvalue weighted by Gasteiger charge is -2.08. The molecule has 4 aromatic rings. The Labute approximate surface area is 178 Å². The predicted octanol–water partition coefficient (Wildman–Crippen LogP) is 3.07. The Hall–Kier alpha value is -4.21. The molecule has 0 atom stereocenters. The molecule has 10 nitrogen and oxygen atoms in total. The van der Waals surface area contributed by atoms with Gasteiger partial charge in [-0.2, -0.15) is 5.10 Å². The van der Waals surface area contributed by atoms with E-state index in [4.69, 9.17) is 9.47 Å². The van der Waals surface area contributed by atoms with E-state index < -0.39 is 0 Å². The first kappa shape index (κ1) is 20.1. The molecule has 3 aromatic heterocycles. The SMILES string of the molecule is COc1nn(C)cc1C(=O)Nc1ccc(Oc2ccc(-n3nc(C)cc3C)nn2)cc1. The summed E-state index contributed by atoms with van der Waals surface area (Å²) in [7, 11) is 3.19. The maximum Gasteiger partial charge on any atom is 0.262 e. The fourth-order valence-electron chi connectivity index (χ4n) is 3.04. The molecule has 0 aliphatic heterocycles. The Kier molecular flexibility index (Phi) is 5.35. The first-order valence-electron chi connectivity index (χ1n) is 9.47. The molecular formula is C21H21N7O3. The van der Waals surface area contributed by atoms with Crippen molar-refractivity contribution in [2.45, 2.75) is 13.8 Å². The smallest absolute Gasteiger partial charge is 0.262 e. The van der Waals surface area contributed by atoms with Gasteiger partial charge in [0.25, 0.3) is 5.91 Å². The minimum atomic E-state index is -0.316. The van der Waals surface area contributed by atoms with Crippen molar-refractivity contribution in [3.63, 3.8) is 0 Å². The molecule has 1 aromatic carbocycles. The first-order chi connectivity index (χ1) is 14.9. The lowest BCUT2D eigenvalue weighted by atomic mass is 10.2. The Bertz CT molecular complexity index is 1210. The van der Waals surface area contributed by atoms with Gasteiger partial charge in [-0.25, -0.2) is 4.68 Å². The number of hydrogen-bond acceptors (Lipinski definition) is 7. The van der Waals surface area contributed by atoms with Crippen molar-refractivity contribution < 1.29 is 14.3 Å². The molecule has 0 unspecified atom stereocenters. The molecule has 3 heterocycles. The third kappa shape index (κ3) is 4.37. The minimum Gasteiger partial charge on any atom is -0.479 e. The van der Waals surface area contributed by atoms with Crippen molar-refractivity contribution in [1.82, 2.24) is 29.8 Å². The van der Waals surface area contributed by atoms with E-state index in [-0.39, 0.29) is 11.8 Å². The summed E-state index contributed by atoms with van der Waals surface area (Å²) in [5.74, 6) is 1.47. The summed E-state index contributed by atoms with van der Waals surface area (Å²) in [5.41, 5.74) is 2.84. The van der Waals surface area contributed by atoms with Crippen LogP contribution in [0, 0.1) is 13.8 Å². The Morgan fingerprint density at radius 3 is 2.42 bits per heavy atom. The molecule has 0 bridgehead atoms. The van der Waals surface area contributed by atoms with Crippen LogP contribution < -0.4 is 14.8 Å². The summed E-state index contributed by atoms with van der Waals surface area (Å²) in [4.78, 5) is 12.5. The Morgan fingerprint density at radius 2 is 1.81 bits per heavy atom. The summed E-state index contributed by atoms with van der Waals surface area (Å²) in [6.45, 7) is 3.88. The van der Waals surface area contributed by atoms with Gasteiger partial charge in [-0.3, -0.25) is 9.48 Å². The molecule has 1 amide bonds. The number of aryl methyl sites for hydroxylation is 3. The molecule has 0 spiro atoms. The summed E-state index contributed by atoms with van der Waals surface area (Å²) >= 11 is 0. The number of nitrogens with zero attached hydrogens (tertiary/aromatic N) is 6. The second-order valence-corrected chi connectivity index (χ2v) is 6.87. The van der Waals surface area contributed by atoms with Gasteiger partial charge in [0, 0.05) is 30.7 Å². The monoisotopic (exact) mass is 419 g/mol. The highest BCUT2D eigenvalue weighted by atomic mass is 16.5. The van der Waals surface area contributed by atoms with Crippen molar-refractivity contribution >= 4 is 11.6 Å². The van der Waals surface area contributed by atoms with Crippen molar-refractivity contribution in [2.24, 2.45) is 7.05 Å². The maximum absolute atomic E-state index is 12.5. The van der Waals surface area contributed by atoms with Crippen LogP contribution in [0.4, 0.5) is 5.69 Å². The van der Waals surface area contributed by atoms with E-state index >= 15 is 0 Å². The molecule has 0 saturated heterocycles. The van der Waals surface area contributed by atoms with Crippen LogP contribution in [0.25, 0.3) is 5.82 Å². The van der Waals surface area contributed by atoms with Gasteiger partial charge < -0.3 is 14.8 Å². The zero-order valence-corrected chi connectivity index (χ0v) is 17.5. The topological polar surface area (TPSA) is 109 Å². The van der Waals surface area contributed by atoms with Gasteiger partial charge in [-0.1, -0.05) is 0 Å². The minimum absolute atomic E-state index is 0.266. The highest BCUT2D eigenvalue weighted by Crippen LogP contribution is 2.23. The van der Waals surface area contributed by atoms with E-state index in [2.05, 4.69) is 25.7 Å². The van der Waals surface area contributed by atoms with Crippen LogP contribution >= 0.6 is 0 Å². The van der Waals surface area contributed by atoms with Gasteiger partial charge in [-0.05, 0) is 50.2 Å². The molecule has 0 radical (unpaired) electrons. The molecule has 0 aliphatic carbocycles. The van der Waals surface area contributed by atoms with Gasteiger partial charge in [0.05, 0.1) is 12.8 Å². The number of carbonyl (C=O) groups excluding carboxylic acids is 1. The number of ether oxygens (including phenoxy) is 2. The fraction of sp³-hybridized carbons (Fsp3) is 0.190. The largest absolute Gasteiger partial charge is 0.479 e. The zero-order chi connectivity index (χ0) is 22.0. The second-order valence-electron chi connectivity index (χ2n) is 6.87. The summed E-state index contributed by atoms with van der Waals surface area (Å²) in [5, 5.41) is 19.6. The van der Waals surface area contributed by atoms with Gasteiger partial charge in [-0.15, -0.1) is 15.3 Å². The third-order valence-electron chi connectivity index (χ3n) is 4.42. The number of rotatable bonds is 6. The van der Waals surface area contributed by atoms with Crippen molar-refractivity contribution in [3.05, 3.63) is 65.6 Å². The molecule has 4 rings (SSSR count). The molecular weight excluding hydrogens is 398 g/mol. The lowest BCUT2D eigenvalue weighted by molar-refractivity contribution is 0.102. The second kappa shape index (κ2) is 8.27. The van der Waals surface area contributed by atoms with E-state index in [9.17, 15) is 4.79 Å². The average Bonchev–Trinajstić information content (AvgIpc) is 3.31. The van der Waals surface area contributed by atoms with Crippen LogP contribution in [0.15, 0.2) is 48.7 Å². The van der Waals surface area contributed by atoms with Gasteiger partial charge >= 0.3 is 0 Å². The Morgan fingerprint density at radius 1 is 1.03 bits per heavy atom. The number of amides is 1. The zero-order valence-electron chi connectivity index (χ0n) is 17.5. The number of hydrogen-bond donors (Lipinski definition) is 1. The van der Waals surface area contributed by atoms with Crippen LogP contribution in [0.1, 0.15) is 21.7 Å². The van der Waals surface area contributed by atoms with E-state index in [0.29, 0.717) is 28.7 Å². The highest BCUT2D eigenvalue weighted by Gasteiger charge is 2.16. The first-order valence-corrected chi connectivity index (χ1v) is 9.47. The molecule has 158 valence electrons. The third-order valence-corrected chi connectivity index (χ3v) is 4.42. The molecule has 0 fully saturated rings. The van der Waals surface area contributed by atoms with Crippen LogP contribution in [0.3, 0.4) is 0 Å². The average molecular weight is 419 g/mol. The highest BCUT2D eigenvalue weighted by molar-refractivity contribution is 6.05. The fourth-order valence-corrected chi connectivity index (χ4v) is 3.04. The quantitative estimate of drug-likeness (QED) is 0.511. The standard InChI is InChI=1S/C21H21N7O3/c1-13-11-14(2)28(25-13)18-9-10-19(24-23-18)31-16-7-5-15(6-8-16)22-20(29)17-12-27(3)26-21(17)30-4/h5-12H,1-4H3,(H,22,29). The lowest BCUT2D eigenvalue weighted by Crippen LogP contribution is -2.12. The van der Waals surface area contributed by atoms with E-state index in [1.165, 1.54) is 11.8 Å². The number of carbonyl (C=O) groups is 1. The van der Waals surface area contributed by atoms with Gasteiger partial charge in [0.2, 0.25) is 11.8 Å². The van der Waals surface area contributed by atoms with E-state index in [1.807, 2.05) is 19.9 Å². The molecule has 0 aliphatic rings. The summed E-state index contributed by atoms with van der Waals surface area (Å²) in [6, 6.07) is 12.4. The molecule has 0 saturated carbocycles. The number of methoxy groups -OCH3 is 1. The Balaban J connectivity index is 1.41. The molecule has 1 N–H and O–H groups in total. The number of aromatic nitrogens is 6. The van der Waals surface area contributed by atoms with Crippen LogP contribution in [-0.2, 0) is 7.05 Å². The number of anilines is 1. The van der Waals surface area contributed by atoms with Crippen molar-refractivity contribution in [3.8, 4) is 23.3 Å². The van der Waals surface area contributed by atoms with Gasteiger partial charge in [0.1, 0.15) is 11.3 Å².